The molecule has 1 saturated heterocycles. The smallest absolute Gasteiger partial charge is 0.133 e. The molecule has 0 aliphatic carbocycles. The Labute approximate surface area is 143 Å². The number of benzene rings is 2. The third-order valence-corrected chi connectivity index (χ3v) is 4.60. The van der Waals surface area contributed by atoms with Crippen LogP contribution < -0.4 is 10.5 Å². The lowest BCUT2D eigenvalue weighted by Gasteiger charge is -2.22. The van der Waals surface area contributed by atoms with Gasteiger partial charge < -0.3 is 20.3 Å². The molecule has 4 nitrogen and oxygen atoms in total. The van der Waals surface area contributed by atoms with E-state index in [9.17, 15) is 5.11 Å². The van der Waals surface area contributed by atoms with E-state index < -0.39 is 0 Å². The van der Waals surface area contributed by atoms with E-state index >= 15 is 0 Å². The minimum Gasteiger partial charge on any atom is -0.508 e. The number of rotatable bonds is 4. The van der Waals surface area contributed by atoms with Crippen molar-refractivity contribution in [3.05, 3.63) is 47.0 Å². The highest BCUT2D eigenvalue weighted by Crippen LogP contribution is 2.34. The van der Waals surface area contributed by atoms with E-state index in [0.717, 1.165) is 66.4 Å². The second-order valence-electron chi connectivity index (χ2n) is 6.64. The first-order valence-electron chi connectivity index (χ1n) is 8.47. The highest BCUT2D eigenvalue weighted by atomic mass is 16.5. The summed E-state index contributed by atoms with van der Waals surface area (Å²) in [5.41, 5.74) is 9.56. The quantitative estimate of drug-likeness (QED) is 0.819. The van der Waals surface area contributed by atoms with Gasteiger partial charge in [0.2, 0.25) is 0 Å². The summed E-state index contributed by atoms with van der Waals surface area (Å²) in [4.78, 5) is 0. The lowest BCUT2D eigenvalue weighted by atomic mass is 9.92. The second-order valence-corrected chi connectivity index (χ2v) is 6.64. The summed E-state index contributed by atoms with van der Waals surface area (Å²) in [6.45, 7) is 5.60. The maximum Gasteiger partial charge on any atom is 0.133 e. The summed E-state index contributed by atoms with van der Waals surface area (Å²) < 4.78 is 11.5. The minimum atomic E-state index is 0.333. The maximum absolute atomic E-state index is 10.2. The number of hydrogen-bond donors (Lipinski definition) is 2. The van der Waals surface area contributed by atoms with Gasteiger partial charge in [0, 0.05) is 18.9 Å². The predicted octanol–water partition coefficient (Wildman–Crippen LogP) is 4.35. The predicted molar refractivity (Wildman–Crippen MR) is 95.8 cm³/mol. The number of aryl methyl sites for hydroxylation is 2. The van der Waals surface area contributed by atoms with Gasteiger partial charge in [0.1, 0.15) is 17.2 Å². The Morgan fingerprint density at radius 2 is 1.79 bits per heavy atom. The Hall–Kier alpha value is -2.20. The molecule has 0 amide bonds. The minimum absolute atomic E-state index is 0.333. The van der Waals surface area contributed by atoms with Gasteiger partial charge in [-0.1, -0.05) is 0 Å². The van der Waals surface area contributed by atoms with Gasteiger partial charge in [-0.05, 0) is 86.1 Å². The molecule has 128 valence electrons. The van der Waals surface area contributed by atoms with Crippen molar-refractivity contribution in [1.82, 2.24) is 0 Å². The molecule has 3 rings (SSSR count). The van der Waals surface area contributed by atoms with Crippen molar-refractivity contribution in [2.24, 2.45) is 5.92 Å². The van der Waals surface area contributed by atoms with E-state index in [-0.39, 0.29) is 0 Å². The molecule has 0 bridgehead atoms. The van der Waals surface area contributed by atoms with E-state index in [1.807, 2.05) is 32.0 Å². The zero-order valence-corrected chi connectivity index (χ0v) is 14.3. The lowest BCUT2D eigenvalue weighted by molar-refractivity contribution is 0.0663. The molecule has 1 aliphatic rings. The molecular weight excluding hydrogens is 302 g/mol. The SMILES string of the molecule is Cc1cc(N)cc(C)c1Oc1ccc(O)c(CC2CCOCC2)c1. The van der Waals surface area contributed by atoms with Gasteiger partial charge in [-0.25, -0.2) is 0 Å². The van der Waals surface area contributed by atoms with E-state index in [2.05, 4.69) is 0 Å². The molecule has 3 N–H and O–H groups in total. The zero-order chi connectivity index (χ0) is 17.1. The topological polar surface area (TPSA) is 64.7 Å². The Balaban J connectivity index is 1.80. The molecule has 1 aliphatic heterocycles. The van der Waals surface area contributed by atoms with Crippen LogP contribution in [0.4, 0.5) is 5.69 Å². The zero-order valence-electron chi connectivity index (χ0n) is 14.3. The summed E-state index contributed by atoms with van der Waals surface area (Å²) in [6.07, 6.45) is 2.94. The van der Waals surface area contributed by atoms with Gasteiger partial charge >= 0.3 is 0 Å². The average Bonchev–Trinajstić information content (AvgIpc) is 2.55. The van der Waals surface area contributed by atoms with Gasteiger partial charge in [-0.2, -0.15) is 0 Å². The van der Waals surface area contributed by atoms with Crippen LogP contribution in [0.5, 0.6) is 17.2 Å². The van der Waals surface area contributed by atoms with Gasteiger partial charge in [0.15, 0.2) is 0 Å². The standard InChI is InChI=1S/C20H25NO3/c1-13-9-17(21)10-14(2)20(13)24-18-3-4-19(22)16(12-18)11-15-5-7-23-8-6-15/h3-4,9-10,12,15,22H,5-8,11,21H2,1-2H3. The third kappa shape index (κ3) is 3.82. The molecular formula is C20H25NO3. The van der Waals surface area contributed by atoms with Crippen LogP contribution in [0.2, 0.25) is 0 Å². The average molecular weight is 327 g/mol. The Kier molecular flexibility index (Phi) is 4.95. The number of phenolic OH excluding ortho intramolecular Hbond substituents is 1. The normalized spacial score (nSPS) is 15.4. The van der Waals surface area contributed by atoms with E-state index in [1.165, 1.54) is 0 Å². The summed E-state index contributed by atoms with van der Waals surface area (Å²) >= 11 is 0. The highest BCUT2D eigenvalue weighted by molar-refractivity contribution is 5.54. The molecule has 0 saturated carbocycles. The van der Waals surface area contributed by atoms with Crippen LogP contribution in [-0.2, 0) is 11.2 Å². The number of phenols is 1. The van der Waals surface area contributed by atoms with Crippen molar-refractivity contribution in [3.63, 3.8) is 0 Å². The van der Waals surface area contributed by atoms with Crippen molar-refractivity contribution >= 4 is 5.69 Å². The molecule has 0 radical (unpaired) electrons. The van der Waals surface area contributed by atoms with E-state index in [4.69, 9.17) is 15.2 Å². The fourth-order valence-electron chi connectivity index (χ4n) is 3.31. The van der Waals surface area contributed by atoms with Crippen molar-refractivity contribution in [2.75, 3.05) is 18.9 Å². The van der Waals surface area contributed by atoms with Gasteiger partial charge in [-0.15, -0.1) is 0 Å². The summed E-state index contributed by atoms with van der Waals surface area (Å²) in [5.74, 6) is 2.46. The van der Waals surface area contributed by atoms with Crippen molar-refractivity contribution in [3.8, 4) is 17.2 Å². The third-order valence-electron chi connectivity index (χ3n) is 4.60. The number of hydrogen-bond acceptors (Lipinski definition) is 4. The van der Waals surface area contributed by atoms with Crippen LogP contribution in [0.15, 0.2) is 30.3 Å². The fraction of sp³-hybridized carbons (Fsp3) is 0.400. The van der Waals surface area contributed by atoms with Gasteiger partial charge in [0.05, 0.1) is 0 Å². The van der Waals surface area contributed by atoms with Crippen molar-refractivity contribution in [2.45, 2.75) is 33.1 Å². The molecule has 1 heterocycles. The molecule has 2 aromatic rings. The van der Waals surface area contributed by atoms with Crippen LogP contribution in [0.3, 0.4) is 0 Å². The number of ether oxygens (including phenoxy) is 2. The van der Waals surface area contributed by atoms with E-state index in [0.29, 0.717) is 11.7 Å². The Bertz CT molecular complexity index is 698. The van der Waals surface area contributed by atoms with Gasteiger partial charge in [-0.3, -0.25) is 0 Å². The van der Waals surface area contributed by atoms with Crippen molar-refractivity contribution < 1.29 is 14.6 Å². The van der Waals surface area contributed by atoms with Crippen LogP contribution >= 0.6 is 0 Å². The Morgan fingerprint density at radius 1 is 1.12 bits per heavy atom. The first kappa shape index (κ1) is 16.7. The summed E-state index contributed by atoms with van der Waals surface area (Å²) in [5, 5.41) is 10.2. The number of anilines is 1. The molecule has 0 spiro atoms. The van der Waals surface area contributed by atoms with Crippen LogP contribution in [0.1, 0.15) is 29.5 Å². The fourth-order valence-corrected chi connectivity index (χ4v) is 3.31. The van der Waals surface area contributed by atoms with Crippen LogP contribution in [0.25, 0.3) is 0 Å². The second kappa shape index (κ2) is 7.14. The number of aromatic hydroxyl groups is 1. The van der Waals surface area contributed by atoms with E-state index in [1.54, 1.807) is 12.1 Å². The monoisotopic (exact) mass is 327 g/mol. The number of nitrogen functional groups attached to an aromatic ring is 1. The first-order valence-corrected chi connectivity index (χ1v) is 8.47. The largest absolute Gasteiger partial charge is 0.508 e. The Morgan fingerprint density at radius 3 is 2.46 bits per heavy atom. The molecule has 0 unspecified atom stereocenters. The lowest BCUT2D eigenvalue weighted by Crippen LogP contribution is -2.17. The molecule has 0 aromatic heterocycles. The molecule has 2 aromatic carbocycles. The molecule has 1 fully saturated rings. The maximum atomic E-state index is 10.2. The first-order chi connectivity index (χ1) is 11.5. The van der Waals surface area contributed by atoms with Gasteiger partial charge in [0.25, 0.3) is 0 Å². The summed E-state index contributed by atoms with van der Waals surface area (Å²) in [7, 11) is 0. The highest BCUT2D eigenvalue weighted by Gasteiger charge is 2.17. The molecule has 24 heavy (non-hydrogen) atoms. The van der Waals surface area contributed by atoms with Crippen LogP contribution in [0, 0.1) is 19.8 Å². The van der Waals surface area contributed by atoms with Crippen molar-refractivity contribution in [1.29, 1.82) is 0 Å². The van der Waals surface area contributed by atoms with Crippen LogP contribution in [-0.4, -0.2) is 18.3 Å². The molecule has 0 atom stereocenters. The summed E-state index contributed by atoms with van der Waals surface area (Å²) in [6, 6.07) is 9.28. The number of nitrogens with two attached hydrogens (primary N) is 1. The molecule has 4 heteroatoms.